The predicted octanol–water partition coefficient (Wildman–Crippen LogP) is 2.15. The van der Waals surface area contributed by atoms with Crippen LogP contribution >= 0.6 is 11.6 Å². The van der Waals surface area contributed by atoms with Crippen molar-refractivity contribution in [1.82, 2.24) is 9.21 Å². The van der Waals surface area contributed by atoms with Gasteiger partial charge in [0.2, 0.25) is 15.9 Å². The van der Waals surface area contributed by atoms with Crippen molar-refractivity contribution >= 4 is 27.5 Å². The van der Waals surface area contributed by atoms with Crippen LogP contribution in [-0.4, -0.2) is 75.6 Å². The molecule has 0 saturated carbocycles. The van der Waals surface area contributed by atoms with Gasteiger partial charge in [-0.05, 0) is 49.9 Å². The lowest BCUT2D eigenvalue weighted by molar-refractivity contribution is -0.143. The first-order chi connectivity index (χ1) is 13.4. The van der Waals surface area contributed by atoms with E-state index in [0.717, 1.165) is 12.8 Å². The Morgan fingerprint density at radius 2 is 1.71 bits per heavy atom. The second kappa shape index (κ2) is 9.54. The summed E-state index contributed by atoms with van der Waals surface area (Å²) < 4.78 is 37.8. The van der Waals surface area contributed by atoms with Gasteiger partial charge in [0.15, 0.2) is 0 Å². The minimum atomic E-state index is -3.56. The zero-order valence-corrected chi connectivity index (χ0v) is 17.6. The van der Waals surface area contributed by atoms with Crippen LogP contribution in [-0.2, 0) is 24.3 Å². The van der Waals surface area contributed by atoms with Gasteiger partial charge in [-0.15, -0.1) is 0 Å². The van der Waals surface area contributed by atoms with Crippen molar-refractivity contribution in [2.45, 2.75) is 42.7 Å². The van der Waals surface area contributed by atoms with Crippen LogP contribution in [0, 0.1) is 0 Å². The summed E-state index contributed by atoms with van der Waals surface area (Å²) in [5, 5.41) is 0.501. The SMILES string of the molecule is COCC(=O)N(C1CCOCC1)C1CCN(S(=O)(=O)c2ccc(Cl)cc2)CC1. The number of nitrogens with zero attached hydrogens (tertiary/aromatic N) is 2. The highest BCUT2D eigenvalue weighted by Crippen LogP contribution is 2.27. The topological polar surface area (TPSA) is 76.2 Å². The Kier molecular flexibility index (Phi) is 7.33. The average Bonchev–Trinajstić information content (AvgIpc) is 2.70. The quantitative estimate of drug-likeness (QED) is 0.691. The number of benzene rings is 1. The lowest BCUT2D eigenvalue weighted by Crippen LogP contribution is -2.54. The van der Waals surface area contributed by atoms with E-state index in [1.165, 1.54) is 23.5 Å². The Balaban J connectivity index is 1.69. The third kappa shape index (κ3) is 4.86. The molecule has 0 atom stereocenters. The summed E-state index contributed by atoms with van der Waals surface area (Å²) in [7, 11) is -2.04. The molecule has 0 unspecified atom stereocenters. The van der Waals surface area contributed by atoms with Crippen molar-refractivity contribution < 1.29 is 22.7 Å². The molecule has 0 N–H and O–H groups in total. The Hall–Kier alpha value is -1.19. The zero-order chi connectivity index (χ0) is 20.1. The minimum Gasteiger partial charge on any atom is -0.381 e. The number of amides is 1. The smallest absolute Gasteiger partial charge is 0.249 e. The third-order valence-electron chi connectivity index (χ3n) is 5.41. The molecule has 2 fully saturated rings. The van der Waals surface area contributed by atoms with Gasteiger partial charge in [0.05, 0.1) is 4.90 Å². The van der Waals surface area contributed by atoms with Crippen molar-refractivity contribution in [3.05, 3.63) is 29.3 Å². The van der Waals surface area contributed by atoms with Crippen LogP contribution in [0.3, 0.4) is 0 Å². The van der Waals surface area contributed by atoms with Crippen molar-refractivity contribution in [2.24, 2.45) is 0 Å². The van der Waals surface area contributed by atoms with Crippen LogP contribution in [0.4, 0.5) is 0 Å². The summed E-state index contributed by atoms with van der Waals surface area (Å²) in [4.78, 5) is 14.9. The Morgan fingerprint density at radius 3 is 2.29 bits per heavy atom. The number of methoxy groups -OCH3 is 1. The summed E-state index contributed by atoms with van der Waals surface area (Å²) in [5.41, 5.74) is 0. The number of piperidine rings is 1. The van der Waals surface area contributed by atoms with Gasteiger partial charge in [0.25, 0.3) is 0 Å². The molecule has 0 spiro atoms. The van der Waals surface area contributed by atoms with E-state index in [9.17, 15) is 13.2 Å². The van der Waals surface area contributed by atoms with E-state index in [2.05, 4.69) is 0 Å². The molecule has 0 radical (unpaired) electrons. The molecule has 1 aromatic carbocycles. The number of carbonyl (C=O) groups is 1. The van der Waals surface area contributed by atoms with Crippen molar-refractivity contribution in [2.75, 3.05) is 40.0 Å². The molecule has 1 amide bonds. The van der Waals surface area contributed by atoms with E-state index in [4.69, 9.17) is 21.1 Å². The molecule has 2 aliphatic rings. The fraction of sp³-hybridized carbons (Fsp3) is 0.632. The summed E-state index contributed by atoms with van der Waals surface area (Å²) in [5.74, 6) is -0.0339. The number of sulfonamides is 1. The first-order valence-corrected chi connectivity index (χ1v) is 11.4. The van der Waals surface area contributed by atoms with Gasteiger partial charge in [0, 0.05) is 50.5 Å². The number of halogens is 1. The van der Waals surface area contributed by atoms with E-state index < -0.39 is 10.0 Å². The van der Waals surface area contributed by atoms with Crippen LogP contribution in [0.5, 0.6) is 0 Å². The van der Waals surface area contributed by atoms with E-state index in [1.807, 2.05) is 4.90 Å². The zero-order valence-electron chi connectivity index (χ0n) is 16.0. The second-order valence-corrected chi connectivity index (χ2v) is 9.54. The molecule has 2 saturated heterocycles. The monoisotopic (exact) mass is 430 g/mol. The number of hydrogen-bond donors (Lipinski definition) is 0. The fourth-order valence-electron chi connectivity index (χ4n) is 3.98. The standard InChI is InChI=1S/C19H27ClN2O5S/c1-26-14-19(23)22(17-8-12-27-13-9-17)16-6-10-21(11-7-16)28(24,25)18-4-2-15(20)3-5-18/h2-5,16-17H,6-14H2,1H3. The van der Waals surface area contributed by atoms with Gasteiger partial charge in [-0.1, -0.05) is 11.6 Å². The molecule has 1 aromatic rings. The number of hydrogen-bond acceptors (Lipinski definition) is 5. The van der Waals surface area contributed by atoms with E-state index in [0.29, 0.717) is 44.2 Å². The maximum atomic E-state index is 12.9. The largest absolute Gasteiger partial charge is 0.381 e. The van der Waals surface area contributed by atoms with E-state index >= 15 is 0 Å². The summed E-state index contributed by atoms with van der Waals surface area (Å²) in [6.07, 6.45) is 2.83. The number of rotatable bonds is 6. The molecule has 2 heterocycles. The second-order valence-electron chi connectivity index (χ2n) is 7.17. The highest BCUT2D eigenvalue weighted by molar-refractivity contribution is 7.89. The van der Waals surface area contributed by atoms with Gasteiger partial charge < -0.3 is 14.4 Å². The molecule has 0 aromatic heterocycles. The Bertz CT molecular complexity index is 757. The fourth-order valence-corrected chi connectivity index (χ4v) is 5.58. The van der Waals surface area contributed by atoms with E-state index in [1.54, 1.807) is 12.1 Å². The first kappa shape index (κ1) is 21.5. The molecule has 0 aliphatic carbocycles. The molecule has 0 bridgehead atoms. The van der Waals surface area contributed by atoms with Crippen LogP contribution in [0.2, 0.25) is 5.02 Å². The lowest BCUT2D eigenvalue weighted by Gasteiger charge is -2.43. The van der Waals surface area contributed by atoms with Crippen LogP contribution < -0.4 is 0 Å². The normalized spacial score (nSPS) is 20.2. The molecule has 7 nitrogen and oxygen atoms in total. The van der Waals surface area contributed by atoms with E-state index in [-0.39, 0.29) is 29.5 Å². The first-order valence-electron chi connectivity index (χ1n) is 9.57. The third-order valence-corrected chi connectivity index (χ3v) is 7.57. The Morgan fingerprint density at radius 1 is 1.14 bits per heavy atom. The molecule has 3 rings (SSSR count). The van der Waals surface area contributed by atoms with Crippen molar-refractivity contribution in [3.8, 4) is 0 Å². The van der Waals surface area contributed by atoms with Crippen LogP contribution in [0.15, 0.2) is 29.2 Å². The summed E-state index contributed by atoms with van der Waals surface area (Å²) >= 11 is 5.87. The van der Waals surface area contributed by atoms with Gasteiger partial charge in [-0.3, -0.25) is 4.79 Å². The van der Waals surface area contributed by atoms with Gasteiger partial charge in [-0.2, -0.15) is 4.31 Å². The maximum Gasteiger partial charge on any atom is 0.249 e. The molecule has 2 aliphatic heterocycles. The highest BCUT2D eigenvalue weighted by atomic mass is 35.5. The lowest BCUT2D eigenvalue weighted by atomic mass is 9.98. The van der Waals surface area contributed by atoms with Crippen molar-refractivity contribution in [3.63, 3.8) is 0 Å². The van der Waals surface area contributed by atoms with Crippen LogP contribution in [0.1, 0.15) is 25.7 Å². The highest BCUT2D eigenvalue weighted by Gasteiger charge is 2.36. The Labute approximate surface area is 171 Å². The molecule has 156 valence electrons. The average molecular weight is 431 g/mol. The number of ether oxygens (including phenoxy) is 2. The number of carbonyl (C=O) groups excluding carboxylic acids is 1. The van der Waals surface area contributed by atoms with Gasteiger partial charge in [0.1, 0.15) is 6.61 Å². The summed E-state index contributed by atoms with van der Waals surface area (Å²) in [6, 6.07) is 6.36. The van der Waals surface area contributed by atoms with Gasteiger partial charge >= 0.3 is 0 Å². The van der Waals surface area contributed by atoms with Crippen molar-refractivity contribution in [1.29, 1.82) is 0 Å². The predicted molar refractivity (Wildman–Crippen MR) is 106 cm³/mol. The molecular weight excluding hydrogens is 404 g/mol. The maximum absolute atomic E-state index is 12.9. The molecular formula is C19H27ClN2O5S. The summed E-state index contributed by atoms with van der Waals surface area (Å²) in [6.45, 7) is 2.10. The minimum absolute atomic E-state index is 0.0161. The van der Waals surface area contributed by atoms with Gasteiger partial charge in [-0.25, -0.2) is 8.42 Å². The molecule has 9 heteroatoms. The van der Waals surface area contributed by atoms with Crippen LogP contribution in [0.25, 0.3) is 0 Å². The molecule has 28 heavy (non-hydrogen) atoms.